The van der Waals surface area contributed by atoms with Crippen LogP contribution in [0, 0.1) is 11.8 Å². The standard InChI is InChI=1S/C12H18/c1-5-10-7-8-12(9(3)4)11(10)6-2/h5-6,9,12H,1-2,7-8H2,3-4H3. The molecule has 0 bridgehead atoms. The van der Waals surface area contributed by atoms with E-state index in [0.717, 1.165) is 11.8 Å². The zero-order chi connectivity index (χ0) is 9.14. The Morgan fingerprint density at radius 3 is 2.42 bits per heavy atom. The maximum atomic E-state index is 3.87. The smallest absolute Gasteiger partial charge is 0.0133 e. The molecule has 1 atom stereocenters. The van der Waals surface area contributed by atoms with Gasteiger partial charge in [-0.25, -0.2) is 0 Å². The van der Waals surface area contributed by atoms with Gasteiger partial charge in [0.2, 0.25) is 0 Å². The van der Waals surface area contributed by atoms with Crippen molar-refractivity contribution in [2.75, 3.05) is 0 Å². The van der Waals surface area contributed by atoms with Gasteiger partial charge in [0.05, 0.1) is 0 Å². The fourth-order valence-electron chi connectivity index (χ4n) is 2.04. The first-order chi connectivity index (χ1) is 5.70. The lowest BCUT2D eigenvalue weighted by atomic mass is 9.89. The molecule has 0 saturated carbocycles. The molecular formula is C12H18. The molecular weight excluding hydrogens is 144 g/mol. The monoisotopic (exact) mass is 162 g/mol. The van der Waals surface area contributed by atoms with Crippen molar-refractivity contribution in [1.29, 1.82) is 0 Å². The Morgan fingerprint density at radius 2 is 2.00 bits per heavy atom. The molecule has 0 radical (unpaired) electrons. The second-order valence-electron chi connectivity index (χ2n) is 3.78. The van der Waals surface area contributed by atoms with Crippen molar-refractivity contribution in [3.8, 4) is 0 Å². The fourth-order valence-corrected chi connectivity index (χ4v) is 2.04. The summed E-state index contributed by atoms with van der Waals surface area (Å²) in [6.45, 7) is 12.3. The molecule has 0 saturated heterocycles. The summed E-state index contributed by atoms with van der Waals surface area (Å²) in [6.07, 6.45) is 6.46. The van der Waals surface area contributed by atoms with Gasteiger partial charge in [-0.3, -0.25) is 0 Å². The second kappa shape index (κ2) is 3.75. The minimum absolute atomic E-state index is 0.718. The van der Waals surface area contributed by atoms with Crippen LogP contribution in [0.25, 0.3) is 0 Å². The normalized spacial score (nSPS) is 23.4. The lowest BCUT2D eigenvalue weighted by Crippen LogP contribution is -2.06. The van der Waals surface area contributed by atoms with E-state index >= 15 is 0 Å². The molecule has 0 fully saturated rings. The molecule has 1 rings (SSSR count). The van der Waals surface area contributed by atoms with Gasteiger partial charge >= 0.3 is 0 Å². The van der Waals surface area contributed by atoms with Crippen molar-refractivity contribution < 1.29 is 0 Å². The molecule has 66 valence electrons. The summed E-state index contributed by atoms with van der Waals surface area (Å²) in [6, 6.07) is 0. The summed E-state index contributed by atoms with van der Waals surface area (Å²) in [4.78, 5) is 0. The number of hydrogen-bond acceptors (Lipinski definition) is 0. The molecule has 12 heavy (non-hydrogen) atoms. The lowest BCUT2D eigenvalue weighted by molar-refractivity contribution is 0.446. The van der Waals surface area contributed by atoms with Crippen LogP contribution in [0.3, 0.4) is 0 Å². The quantitative estimate of drug-likeness (QED) is 0.593. The molecule has 0 aromatic carbocycles. The van der Waals surface area contributed by atoms with Crippen LogP contribution in [-0.2, 0) is 0 Å². The molecule has 0 heteroatoms. The lowest BCUT2D eigenvalue weighted by Gasteiger charge is -2.16. The van der Waals surface area contributed by atoms with E-state index < -0.39 is 0 Å². The van der Waals surface area contributed by atoms with Crippen molar-refractivity contribution in [2.24, 2.45) is 11.8 Å². The van der Waals surface area contributed by atoms with Gasteiger partial charge in [-0.2, -0.15) is 0 Å². The van der Waals surface area contributed by atoms with Gasteiger partial charge in [-0.1, -0.05) is 39.2 Å². The van der Waals surface area contributed by atoms with Gasteiger partial charge < -0.3 is 0 Å². The Balaban J connectivity index is 2.90. The molecule has 1 unspecified atom stereocenters. The molecule has 0 aromatic heterocycles. The van der Waals surface area contributed by atoms with Gasteiger partial charge in [0.1, 0.15) is 0 Å². The molecule has 1 aliphatic carbocycles. The Bertz CT molecular complexity index is 218. The summed E-state index contributed by atoms with van der Waals surface area (Å²) >= 11 is 0. The molecule has 0 aromatic rings. The summed E-state index contributed by atoms with van der Waals surface area (Å²) in [5.41, 5.74) is 2.84. The largest absolute Gasteiger partial charge is 0.0988 e. The maximum Gasteiger partial charge on any atom is -0.0133 e. The highest BCUT2D eigenvalue weighted by molar-refractivity contribution is 5.37. The Morgan fingerprint density at radius 1 is 1.33 bits per heavy atom. The van der Waals surface area contributed by atoms with Crippen molar-refractivity contribution in [3.63, 3.8) is 0 Å². The van der Waals surface area contributed by atoms with Crippen LogP contribution in [0.1, 0.15) is 26.7 Å². The Kier molecular flexibility index (Phi) is 2.91. The number of rotatable bonds is 3. The predicted molar refractivity (Wildman–Crippen MR) is 55.0 cm³/mol. The minimum Gasteiger partial charge on any atom is -0.0988 e. The summed E-state index contributed by atoms with van der Waals surface area (Å²) < 4.78 is 0. The molecule has 0 aliphatic heterocycles. The molecule has 0 spiro atoms. The third-order valence-electron chi connectivity index (χ3n) is 2.77. The number of allylic oxidation sites excluding steroid dienone is 4. The topological polar surface area (TPSA) is 0 Å². The van der Waals surface area contributed by atoms with Crippen molar-refractivity contribution in [1.82, 2.24) is 0 Å². The first kappa shape index (κ1) is 9.31. The zero-order valence-corrected chi connectivity index (χ0v) is 8.14. The van der Waals surface area contributed by atoms with Crippen molar-refractivity contribution >= 4 is 0 Å². The molecule has 0 N–H and O–H groups in total. The highest BCUT2D eigenvalue weighted by Gasteiger charge is 2.24. The van der Waals surface area contributed by atoms with Gasteiger partial charge in [0, 0.05) is 0 Å². The highest BCUT2D eigenvalue weighted by atomic mass is 14.3. The Labute approximate surface area is 75.7 Å². The zero-order valence-electron chi connectivity index (χ0n) is 8.14. The van der Waals surface area contributed by atoms with E-state index in [1.54, 1.807) is 0 Å². The van der Waals surface area contributed by atoms with Crippen LogP contribution in [-0.4, -0.2) is 0 Å². The SMILES string of the molecule is C=CC1=C(C=C)C(C(C)C)CC1. The van der Waals surface area contributed by atoms with E-state index in [-0.39, 0.29) is 0 Å². The van der Waals surface area contributed by atoms with Gasteiger partial charge in [0.15, 0.2) is 0 Å². The van der Waals surface area contributed by atoms with E-state index in [9.17, 15) is 0 Å². The summed E-state index contributed by atoms with van der Waals surface area (Å²) in [7, 11) is 0. The van der Waals surface area contributed by atoms with E-state index in [0.29, 0.717) is 0 Å². The molecule has 0 heterocycles. The van der Waals surface area contributed by atoms with Crippen molar-refractivity contribution in [2.45, 2.75) is 26.7 Å². The number of hydrogen-bond donors (Lipinski definition) is 0. The van der Waals surface area contributed by atoms with E-state index in [1.807, 2.05) is 12.2 Å². The van der Waals surface area contributed by atoms with Crippen LogP contribution in [0.4, 0.5) is 0 Å². The molecule has 0 nitrogen and oxygen atoms in total. The van der Waals surface area contributed by atoms with E-state index in [2.05, 4.69) is 27.0 Å². The second-order valence-corrected chi connectivity index (χ2v) is 3.78. The predicted octanol–water partition coefficient (Wildman–Crippen LogP) is 3.72. The highest BCUT2D eigenvalue weighted by Crippen LogP contribution is 2.37. The van der Waals surface area contributed by atoms with Crippen LogP contribution < -0.4 is 0 Å². The fraction of sp³-hybridized carbons (Fsp3) is 0.500. The first-order valence-corrected chi connectivity index (χ1v) is 4.68. The summed E-state index contributed by atoms with van der Waals surface area (Å²) in [5, 5.41) is 0. The third kappa shape index (κ3) is 1.52. The van der Waals surface area contributed by atoms with Gasteiger partial charge in [-0.05, 0) is 35.8 Å². The summed E-state index contributed by atoms with van der Waals surface area (Å²) in [5.74, 6) is 1.45. The average Bonchev–Trinajstić information content (AvgIpc) is 2.46. The van der Waals surface area contributed by atoms with Gasteiger partial charge in [0.25, 0.3) is 0 Å². The van der Waals surface area contributed by atoms with Crippen LogP contribution in [0.2, 0.25) is 0 Å². The average molecular weight is 162 g/mol. The molecule has 0 amide bonds. The van der Waals surface area contributed by atoms with E-state index in [4.69, 9.17) is 0 Å². The van der Waals surface area contributed by atoms with Crippen LogP contribution in [0.5, 0.6) is 0 Å². The molecule has 1 aliphatic rings. The Hall–Kier alpha value is -0.780. The maximum absolute atomic E-state index is 3.87. The minimum atomic E-state index is 0.718. The first-order valence-electron chi connectivity index (χ1n) is 4.68. The third-order valence-corrected chi connectivity index (χ3v) is 2.77. The van der Waals surface area contributed by atoms with Crippen LogP contribution >= 0.6 is 0 Å². The van der Waals surface area contributed by atoms with E-state index in [1.165, 1.54) is 24.0 Å². The van der Waals surface area contributed by atoms with Gasteiger partial charge in [-0.15, -0.1) is 0 Å². The van der Waals surface area contributed by atoms with Crippen LogP contribution in [0.15, 0.2) is 36.5 Å². The van der Waals surface area contributed by atoms with Crippen molar-refractivity contribution in [3.05, 3.63) is 36.5 Å².